The summed E-state index contributed by atoms with van der Waals surface area (Å²) in [7, 11) is 1.67. The fraction of sp³-hybridized carbons (Fsp3) is 0.308. The van der Waals surface area contributed by atoms with Gasteiger partial charge in [-0.2, -0.15) is 0 Å². The molecule has 0 bridgehead atoms. The average molecular weight is 230 g/mol. The predicted molar refractivity (Wildman–Crippen MR) is 63.9 cm³/mol. The van der Waals surface area contributed by atoms with Crippen LogP contribution in [0.3, 0.4) is 0 Å². The van der Waals surface area contributed by atoms with Crippen LogP contribution in [0.2, 0.25) is 0 Å². The minimum atomic E-state index is 0.812. The van der Waals surface area contributed by atoms with E-state index in [4.69, 9.17) is 9.26 Å². The van der Waals surface area contributed by atoms with Crippen molar-refractivity contribution in [2.45, 2.75) is 13.0 Å². The summed E-state index contributed by atoms with van der Waals surface area (Å²) in [4.78, 5) is 0. The zero-order valence-corrected chi connectivity index (χ0v) is 9.69. The van der Waals surface area contributed by atoms with Gasteiger partial charge in [0.25, 0.3) is 0 Å². The van der Waals surface area contributed by atoms with E-state index in [0.29, 0.717) is 0 Å². The Balaban J connectivity index is 2.12. The first-order chi connectivity index (χ1) is 8.40. The molecule has 0 radical (unpaired) electrons. The molecule has 1 N–H and O–H groups in total. The summed E-state index contributed by atoms with van der Waals surface area (Å²) < 4.78 is 10.8. The van der Waals surface area contributed by atoms with Gasteiger partial charge in [0.1, 0.15) is 5.75 Å². The molecule has 2 aromatic rings. The molecule has 4 heteroatoms. The van der Waals surface area contributed by atoms with E-state index in [1.54, 1.807) is 7.11 Å². The molecule has 1 aliphatic heterocycles. The molecule has 3 rings (SSSR count). The number of para-hydroxylation sites is 1. The Morgan fingerprint density at radius 3 is 3.12 bits per heavy atom. The van der Waals surface area contributed by atoms with Gasteiger partial charge in [0.15, 0.2) is 5.76 Å². The van der Waals surface area contributed by atoms with E-state index in [9.17, 15) is 0 Å². The summed E-state index contributed by atoms with van der Waals surface area (Å²) in [5.74, 6) is 1.64. The van der Waals surface area contributed by atoms with Crippen LogP contribution in [-0.4, -0.2) is 18.8 Å². The summed E-state index contributed by atoms with van der Waals surface area (Å²) in [5.41, 5.74) is 3.18. The quantitative estimate of drug-likeness (QED) is 0.857. The van der Waals surface area contributed by atoms with Gasteiger partial charge in [0, 0.05) is 25.1 Å². The first-order valence-corrected chi connectivity index (χ1v) is 5.71. The Hall–Kier alpha value is -1.81. The lowest BCUT2D eigenvalue weighted by Crippen LogP contribution is -2.23. The van der Waals surface area contributed by atoms with Crippen molar-refractivity contribution in [1.82, 2.24) is 10.5 Å². The van der Waals surface area contributed by atoms with E-state index >= 15 is 0 Å². The number of nitrogens with zero attached hydrogens (tertiary/aromatic N) is 1. The molecule has 0 unspecified atom stereocenters. The molecule has 1 aliphatic rings. The number of fused-ring (bicyclic) bond motifs is 1. The van der Waals surface area contributed by atoms with Gasteiger partial charge in [-0.25, -0.2) is 0 Å². The second-order valence-corrected chi connectivity index (χ2v) is 4.06. The Morgan fingerprint density at radius 2 is 2.24 bits per heavy atom. The fourth-order valence-corrected chi connectivity index (χ4v) is 2.18. The maximum Gasteiger partial charge on any atom is 0.175 e. The first kappa shape index (κ1) is 10.4. The molecule has 4 nitrogen and oxygen atoms in total. The molecule has 0 aliphatic carbocycles. The molecule has 0 atom stereocenters. The summed E-state index contributed by atoms with van der Waals surface area (Å²) in [6, 6.07) is 7.85. The first-order valence-electron chi connectivity index (χ1n) is 5.71. The van der Waals surface area contributed by atoms with Crippen molar-refractivity contribution in [3.05, 3.63) is 35.5 Å². The SMILES string of the molecule is COc1ccccc1-c1onc2c1CNCC2. The maximum atomic E-state index is 5.48. The number of methoxy groups -OCH3 is 1. The molecule has 0 fully saturated rings. The van der Waals surface area contributed by atoms with Crippen molar-refractivity contribution in [3.8, 4) is 17.1 Å². The van der Waals surface area contributed by atoms with E-state index in [-0.39, 0.29) is 0 Å². The third kappa shape index (κ3) is 1.70. The van der Waals surface area contributed by atoms with Gasteiger partial charge in [-0.05, 0) is 12.1 Å². The predicted octanol–water partition coefficient (Wildman–Crippen LogP) is 2.00. The number of rotatable bonds is 2. The highest BCUT2D eigenvalue weighted by Crippen LogP contribution is 2.34. The normalized spacial score (nSPS) is 14.4. The van der Waals surface area contributed by atoms with Crippen LogP contribution in [0, 0.1) is 0 Å². The second-order valence-electron chi connectivity index (χ2n) is 4.06. The molecular weight excluding hydrogens is 216 g/mol. The number of nitrogens with one attached hydrogen (secondary N) is 1. The minimum absolute atomic E-state index is 0.812. The second kappa shape index (κ2) is 4.22. The lowest BCUT2D eigenvalue weighted by molar-refractivity contribution is 0.403. The molecule has 1 aromatic carbocycles. The van der Waals surface area contributed by atoms with Gasteiger partial charge < -0.3 is 14.6 Å². The Kier molecular flexibility index (Phi) is 2.57. The smallest absolute Gasteiger partial charge is 0.175 e. The molecule has 17 heavy (non-hydrogen) atoms. The fourth-order valence-electron chi connectivity index (χ4n) is 2.18. The number of aromatic nitrogens is 1. The van der Waals surface area contributed by atoms with E-state index in [1.165, 1.54) is 0 Å². The van der Waals surface area contributed by atoms with Gasteiger partial charge >= 0.3 is 0 Å². The number of benzene rings is 1. The zero-order chi connectivity index (χ0) is 11.7. The monoisotopic (exact) mass is 230 g/mol. The van der Waals surface area contributed by atoms with Crippen molar-refractivity contribution >= 4 is 0 Å². The molecule has 2 heterocycles. The summed E-state index contributed by atoms with van der Waals surface area (Å²) in [5, 5.41) is 7.47. The van der Waals surface area contributed by atoms with E-state index in [2.05, 4.69) is 10.5 Å². The topological polar surface area (TPSA) is 47.3 Å². The van der Waals surface area contributed by atoms with Crippen LogP contribution in [-0.2, 0) is 13.0 Å². The molecule has 0 amide bonds. The van der Waals surface area contributed by atoms with Gasteiger partial charge in [0.05, 0.1) is 18.4 Å². The van der Waals surface area contributed by atoms with Gasteiger partial charge in [-0.3, -0.25) is 0 Å². The summed E-state index contributed by atoms with van der Waals surface area (Å²) >= 11 is 0. The lowest BCUT2D eigenvalue weighted by Gasteiger charge is -2.12. The maximum absolute atomic E-state index is 5.48. The van der Waals surface area contributed by atoms with Crippen LogP contribution in [0.5, 0.6) is 5.75 Å². The Bertz CT molecular complexity index is 534. The highest BCUT2D eigenvalue weighted by Gasteiger charge is 2.21. The van der Waals surface area contributed by atoms with E-state index in [0.717, 1.165) is 47.8 Å². The molecule has 0 saturated carbocycles. The third-order valence-electron chi connectivity index (χ3n) is 3.06. The van der Waals surface area contributed by atoms with Crippen LogP contribution in [0.1, 0.15) is 11.3 Å². The summed E-state index contributed by atoms with van der Waals surface area (Å²) in [6.45, 7) is 1.77. The van der Waals surface area contributed by atoms with Crippen LogP contribution in [0.25, 0.3) is 11.3 Å². The van der Waals surface area contributed by atoms with Crippen LogP contribution < -0.4 is 10.1 Å². The van der Waals surface area contributed by atoms with Crippen molar-refractivity contribution in [2.75, 3.05) is 13.7 Å². The highest BCUT2D eigenvalue weighted by molar-refractivity contribution is 5.69. The average Bonchev–Trinajstić information content (AvgIpc) is 2.82. The van der Waals surface area contributed by atoms with Gasteiger partial charge in [0.2, 0.25) is 0 Å². The summed E-state index contributed by atoms with van der Waals surface area (Å²) in [6.07, 6.45) is 0.925. The van der Waals surface area contributed by atoms with Crippen molar-refractivity contribution in [1.29, 1.82) is 0 Å². The zero-order valence-electron chi connectivity index (χ0n) is 9.69. The van der Waals surface area contributed by atoms with Gasteiger partial charge in [-0.1, -0.05) is 17.3 Å². The van der Waals surface area contributed by atoms with Crippen molar-refractivity contribution in [3.63, 3.8) is 0 Å². The molecular formula is C13H14N2O2. The Morgan fingerprint density at radius 1 is 1.35 bits per heavy atom. The van der Waals surface area contributed by atoms with E-state index < -0.39 is 0 Å². The largest absolute Gasteiger partial charge is 0.496 e. The highest BCUT2D eigenvalue weighted by atomic mass is 16.5. The lowest BCUT2D eigenvalue weighted by atomic mass is 10.0. The van der Waals surface area contributed by atoms with E-state index in [1.807, 2.05) is 24.3 Å². The standard InChI is InChI=1S/C13H14N2O2/c1-16-12-5-3-2-4-9(12)13-10-8-14-7-6-11(10)15-17-13/h2-5,14H,6-8H2,1H3. The van der Waals surface area contributed by atoms with Crippen molar-refractivity contribution < 1.29 is 9.26 Å². The molecule has 88 valence electrons. The molecule has 0 spiro atoms. The van der Waals surface area contributed by atoms with Gasteiger partial charge in [-0.15, -0.1) is 0 Å². The van der Waals surface area contributed by atoms with Crippen LogP contribution >= 0.6 is 0 Å². The van der Waals surface area contributed by atoms with Crippen LogP contribution in [0.15, 0.2) is 28.8 Å². The van der Waals surface area contributed by atoms with Crippen molar-refractivity contribution in [2.24, 2.45) is 0 Å². The minimum Gasteiger partial charge on any atom is -0.496 e. The third-order valence-corrected chi connectivity index (χ3v) is 3.06. The molecule has 1 aromatic heterocycles. The number of ether oxygens (including phenoxy) is 1. The Labute approximate surface area is 99.6 Å². The number of hydrogen-bond acceptors (Lipinski definition) is 4. The molecule has 0 saturated heterocycles. The van der Waals surface area contributed by atoms with Crippen LogP contribution in [0.4, 0.5) is 0 Å². The number of hydrogen-bond donors (Lipinski definition) is 1.